The van der Waals surface area contributed by atoms with Gasteiger partial charge in [-0.3, -0.25) is 9.58 Å². The standard InChI is InChI=1S/C14H26N4/c1-11(2)18-8-6-14(16-18)10-17-9-12(3)15-7-5-13(17)4/h6,8,11-13,15H,5,7,9-10H2,1-4H3. The molecule has 102 valence electrons. The largest absolute Gasteiger partial charge is 0.313 e. The summed E-state index contributed by atoms with van der Waals surface area (Å²) in [4.78, 5) is 2.54. The topological polar surface area (TPSA) is 33.1 Å². The van der Waals surface area contributed by atoms with Crippen molar-refractivity contribution >= 4 is 0 Å². The molecule has 2 heterocycles. The first-order valence-electron chi connectivity index (χ1n) is 7.07. The van der Waals surface area contributed by atoms with Crippen molar-refractivity contribution in [3.8, 4) is 0 Å². The summed E-state index contributed by atoms with van der Waals surface area (Å²) in [6, 6.07) is 3.80. The number of hydrogen-bond acceptors (Lipinski definition) is 3. The second-order valence-electron chi connectivity index (χ2n) is 5.80. The predicted molar refractivity (Wildman–Crippen MR) is 74.6 cm³/mol. The first-order valence-corrected chi connectivity index (χ1v) is 7.07. The minimum atomic E-state index is 0.445. The molecule has 2 atom stereocenters. The molecule has 4 nitrogen and oxygen atoms in total. The SMILES string of the molecule is CC1CN(Cc2ccn(C(C)C)n2)C(C)CCN1. The highest BCUT2D eigenvalue weighted by molar-refractivity contribution is 5.00. The fraction of sp³-hybridized carbons (Fsp3) is 0.786. The van der Waals surface area contributed by atoms with Gasteiger partial charge in [-0.05, 0) is 46.7 Å². The van der Waals surface area contributed by atoms with Crippen LogP contribution in [-0.4, -0.2) is 39.9 Å². The normalized spacial score (nSPS) is 26.5. The van der Waals surface area contributed by atoms with Crippen LogP contribution in [0.15, 0.2) is 12.3 Å². The Bertz CT molecular complexity index is 372. The summed E-state index contributed by atoms with van der Waals surface area (Å²) >= 11 is 0. The summed E-state index contributed by atoms with van der Waals surface area (Å²) in [6.45, 7) is 12.1. The van der Waals surface area contributed by atoms with Crippen molar-refractivity contribution in [3.05, 3.63) is 18.0 Å². The summed E-state index contributed by atoms with van der Waals surface area (Å²) in [5.41, 5.74) is 1.18. The van der Waals surface area contributed by atoms with E-state index >= 15 is 0 Å². The van der Waals surface area contributed by atoms with Gasteiger partial charge < -0.3 is 5.32 Å². The van der Waals surface area contributed by atoms with Gasteiger partial charge in [-0.1, -0.05) is 0 Å². The number of aromatic nitrogens is 2. The fourth-order valence-corrected chi connectivity index (χ4v) is 2.50. The molecule has 0 aromatic carbocycles. The van der Waals surface area contributed by atoms with Crippen LogP contribution in [0.25, 0.3) is 0 Å². The third kappa shape index (κ3) is 3.33. The van der Waals surface area contributed by atoms with Gasteiger partial charge in [0.15, 0.2) is 0 Å². The van der Waals surface area contributed by atoms with Gasteiger partial charge >= 0.3 is 0 Å². The summed E-state index contributed by atoms with van der Waals surface area (Å²) in [7, 11) is 0. The second kappa shape index (κ2) is 5.85. The average Bonchev–Trinajstić information content (AvgIpc) is 2.70. The molecule has 1 aliphatic heterocycles. The second-order valence-corrected chi connectivity index (χ2v) is 5.80. The smallest absolute Gasteiger partial charge is 0.0765 e. The average molecular weight is 250 g/mol. The van der Waals surface area contributed by atoms with Crippen LogP contribution in [0.2, 0.25) is 0 Å². The molecule has 1 fully saturated rings. The Morgan fingerprint density at radius 2 is 2.22 bits per heavy atom. The molecule has 1 aromatic heterocycles. The van der Waals surface area contributed by atoms with E-state index in [2.05, 4.69) is 55.3 Å². The van der Waals surface area contributed by atoms with Crippen LogP contribution in [0.3, 0.4) is 0 Å². The molecule has 4 heteroatoms. The Morgan fingerprint density at radius 1 is 1.44 bits per heavy atom. The lowest BCUT2D eigenvalue weighted by molar-refractivity contribution is 0.196. The van der Waals surface area contributed by atoms with E-state index in [0.29, 0.717) is 18.1 Å². The van der Waals surface area contributed by atoms with Crippen LogP contribution in [-0.2, 0) is 6.54 Å². The van der Waals surface area contributed by atoms with Crippen molar-refractivity contribution in [2.75, 3.05) is 13.1 Å². The van der Waals surface area contributed by atoms with E-state index in [4.69, 9.17) is 0 Å². The van der Waals surface area contributed by atoms with Crippen LogP contribution >= 0.6 is 0 Å². The molecular formula is C14H26N4. The maximum atomic E-state index is 4.65. The van der Waals surface area contributed by atoms with Crippen LogP contribution < -0.4 is 5.32 Å². The van der Waals surface area contributed by atoms with Crippen LogP contribution in [0.4, 0.5) is 0 Å². The predicted octanol–water partition coefficient (Wildman–Crippen LogP) is 2.04. The van der Waals surface area contributed by atoms with Crippen molar-refractivity contribution in [1.29, 1.82) is 0 Å². The molecule has 0 aliphatic carbocycles. The summed E-state index contributed by atoms with van der Waals surface area (Å²) in [6.07, 6.45) is 3.30. The van der Waals surface area contributed by atoms with Crippen molar-refractivity contribution in [2.24, 2.45) is 0 Å². The maximum absolute atomic E-state index is 4.65. The van der Waals surface area contributed by atoms with Gasteiger partial charge in [0, 0.05) is 37.4 Å². The Balaban J connectivity index is 2.01. The van der Waals surface area contributed by atoms with Gasteiger partial charge in [-0.15, -0.1) is 0 Å². The van der Waals surface area contributed by atoms with E-state index in [-0.39, 0.29) is 0 Å². The quantitative estimate of drug-likeness (QED) is 0.891. The highest BCUT2D eigenvalue weighted by Crippen LogP contribution is 2.13. The van der Waals surface area contributed by atoms with E-state index < -0.39 is 0 Å². The Kier molecular flexibility index (Phi) is 4.40. The first kappa shape index (κ1) is 13.6. The Morgan fingerprint density at radius 3 is 2.89 bits per heavy atom. The molecule has 0 amide bonds. The fourth-order valence-electron chi connectivity index (χ4n) is 2.50. The number of rotatable bonds is 3. The number of nitrogens with zero attached hydrogens (tertiary/aromatic N) is 3. The maximum Gasteiger partial charge on any atom is 0.0765 e. The van der Waals surface area contributed by atoms with Crippen LogP contribution in [0.1, 0.15) is 45.9 Å². The van der Waals surface area contributed by atoms with Gasteiger partial charge in [0.05, 0.1) is 5.69 Å². The molecule has 0 spiro atoms. The molecule has 1 N–H and O–H groups in total. The first-order chi connectivity index (χ1) is 8.56. The molecule has 2 rings (SSSR count). The lowest BCUT2D eigenvalue weighted by atomic mass is 10.2. The van der Waals surface area contributed by atoms with E-state index in [9.17, 15) is 0 Å². The van der Waals surface area contributed by atoms with E-state index in [1.807, 2.05) is 4.68 Å². The highest BCUT2D eigenvalue weighted by Gasteiger charge is 2.21. The third-order valence-corrected chi connectivity index (χ3v) is 3.74. The molecule has 0 radical (unpaired) electrons. The molecular weight excluding hydrogens is 224 g/mol. The highest BCUT2D eigenvalue weighted by atomic mass is 15.3. The van der Waals surface area contributed by atoms with Crippen molar-refractivity contribution in [3.63, 3.8) is 0 Å². The molecule has 0 saturated carbocycles. The van der Waals surface area contributed by atoms with E-state index in [1.54, 1.807) is 0 Å². The lowest BCUT2D eigenvalue weighted by Crippen LogP contribution is -2.38. The molecule has 1 aromatic rings. The zero-order chi connectivity index (χ0) is 13.1. The molecule has 1 aliphatic rings. The summed E-state index contributed by atoms with van der Waals surface area (Å²) in [5, 5.41) is 8.20. The molecule has 18 heavy (non-hydrogen) atoms. The van der Waals surface area contributed by atoms with Crippen molar-refractivity contribution in [1.82, 2.24) is 20.0 Å². The summed E-state index contributed by atoms with van der Waals surface area (Å²) < 4.78 is 2.04. The van der Waals surface area contributed by atoms with Crippen LogP contribution in [0, 0.1) is 0 Å². The monoisotopic (exact) mass is 250 g/mol. The van der Waals surface area contributed by atoms with Gasteiger partial charge in [0.2, 0.25) is 0 Å². The van der Waals surface area contributed by atoms with Gasteiger partial charge in [0.25, 0.3) is 0 Å². The minimum Gasteiger partial charge on any atom is -0.313 e. The lowest BCUT2D eigenvalue weighted by Gasteiger charge is -2.27. The molecule has 1 saturated heterocycles. The molecule has 2 unspecified atom stereocenters. The zero-order valence-corrected chi connectivity index (χ0v) is 12.1. The van der Waals surface area contributed by atoms with Crippen molar-refractivity contribution in [2.45, 2.75) is 58.8 Å². The summed E-state index contributed by atoms with van der Waals surface area (Å²) in [5.74, 6) is 0. The van der Waals surface area contributed by atoms with Gasteiger partial charge in [-0.25, -0.2) is 0 Å². The molecule has 0 bridgehead atoms. The van der Waals surface area contributed by atoms with Gasteiger partial charge in [0.1, 0.15) is 0 Å². The Labute approximate surface area is 110 Å². The third-order valence-electron chi connectivity index (χ3n) is 3.74. The van der Waals surface area contributed by atoms with Crippen LogP contribution in [0.5, 0.6) is 0 Å². The zero-order valence-electron chi connectivity index (χ0n) is 12.1. The number of nitrogens with one attached hydrogen (secondary N) is 1. The van der Waals surface area contributed by atoms with Gasteiger partial charge in [-0.2, -0.15) is 5.10 Å². The van der Waals surface area contributed by atoms with E-state index in [1.165, 1.54) is 12.1 Å². The van der Waals surface area contributed by atoms with Crippen molar-refractivity contribution < 1.29 is 0 Å². The number of hydrogen-bond donors (Lipinski definition) is 1. The van der Waals surface area contributed by atoms with E-state index in [0.717, 1.165) is 19.6 Å². The Hall–Kier alpha value is -0.870. The minimum absolute atomic E-state index is 0.445.